The number of hydrogen-bond donors (Lipinski definition) is 0. The fraction of sp³-hybridized carbons (Fsp3) is 0.316. The van der Waals surface area contributed by atoms with Crippen molar-refractivity contribution in [3.8, 4) is 5.82 Å². The molecule has 0 aliphatic carbocycles. The molecule has 0 radical (unpaired) electrons. The summed E-state index contributed by atoms with van der Waals surface area (Å²) in [5.41, 5.74) is 2.95. The Morgan fingerprint density at radius 2 is 2.04 bits per heavy atom. The molecular formula is C19H21N3O2S. The van der Waals surface area contributed by atoms with Gasteiger partial charge in [0, 0.05) is 23.6 Å². The molecule has 1 saturated heterocycles. The van der Waals surface area contributed by atoms with E-state index in [-0.39, 0.29) is 17.2 Å². The molecule has 0 spiro atoms. The predicted octanol–water partition coefficient (Wildman–Crippen LogP) is 4.32. The van der Waals surface area contributed by atoms with E-state index in [0.717, 1.165) is 41.0 Å². The molecule has 2 amide bonds. The average Bonchev–Trinajstić information content (AvgIpc) is 3.03. The third kappa shape index (κ3) is 3.14. The molecule has 1 fully saturated rings. The molecule has 1 unspecified atom stereocenters. The van der Waals surface area contributed by atoms with Gasteiger partial charge in [-0.1, -0.05) is 13.0 Å². The van der Waals surface area contributed by atoms with Crippen LogP contribution >= 0.6 is 11.8 Å². The number of aromatic nitrogens is 2. The molecule has 25 heavy (non-hydrogen) atoms. The lowest BCUT2D eigenvalue weighted by atomic mass is 10.2. The molecule has 130 valence electrons. The van der Waals surface area contributed by atoms with Crippen molar-refractivity contribution in [2.24, 2.45) is 0 Å². The Morgan fingerprint density at radius 1 is 1.28 bits per heavy atom. The molecule has 3 rings (SSSR count). The first-order valence-corrected chi connectivity index (χ1v) is 9.13. The van der Waals surface area contributed by atoms with Gasteiger partial charge in [-0.25, -0.2) is 4.98 Å². The Balaban J connectivity index is 1.98. The number of hydrogen-bond acceptors (Lipinski definition) is 4. The Hall–Kier alpha value is -2.34. The number of thioether (sulfide) groups is 1. The van der Waals surface area contributed by atoms with Crippen LogP contribution in [-0.4, -0.2) is 31.6 Å². The van der Waals surface area contributed by atoms with E-state index >= 15 is 0 Å². The lowest BCUT2D eigenvalue weighted by Gasteiger charge is -2.19. The normalized spacial score (nSPS) is 17.6. The van der Waals surface area contributed by atoms with E-state index in [9.17, 15) is 9.59 Å². The summed E-state index contributed by atoms with van der Waals surface area (Å²) in [4.78, 5) is 31.0. The van der Waals surface area contributed by atoms with Gasteiger partial charge >= 0.3 is 0 Å². The van der Waals surface area contributed by atoms with Crippen LogP contribution in [0.1, 0.15) is 37.2 Å². The highest BCUT2D eigenvalue weighted by Crippen LogP contribution is 2.35. The standard InChI is InChI=1S/C19H21N3O2S/c1-5-12(2)22-18(23)16(25-19(22)24)11-15-10-13(3)21(14(15)4)17-8-6-7-9-20-17/h6-12H,5H2,1-4H3. The van der Waals surface area contributed by atoms with Crippen LogP contribution in [0.3, 0.4) is 0 Å². The second-order valence-corrected chi connectivity index (χ2v) is 7.15. The van der Waals surface area contributed by atoms with E-state index in [1.807, 2.05) is 62.6 Å². The van der Waals surface area contributed by atoms with Gasteiger partial charge in [0.1, 0.15) is 5.82 Å². The summed E-state index contributed by atoms with van der Waals surface area (Å²) in [5, 5.41) is -0.191. The van der Waals surface area contributed by atoms with Crippen LogP contribution < -0.4 is 0 Å². The maximum absolute atomic E-state index is 12.6. The molecule has 5 nitrogen and oxygen atoms in total. The van der Waals surface area contributed by atoms with Crippen molar-refractivity contribution < 1.29 is 9.59 Å². The Labute approximate surface area is 151 Å². The van der Waals surface area contributed by atoms with Crippen molar-refractivity contribution in [3.05, 3.63) is 52.3 Å². The van der Waals surface area contributed by atoms with Gasteiger partial charge in [-0.05, 0) is 68.8 Å². The molecule has 1 aliphatic rings. The summed E-state index contributed by atoms with van der Waals surface area (Å²) in [6.45, 7) is 7.86. The Bertz CT molecular complexity index is 855. The van der Waals surface area contributed by atoms with Crippen LogP contribution in [-0.2, 0) is 4.79 Å². The number of aryl methyl sites for hydroxylation is 1. The van der Waals surface area contributed by atoms with Gasteiger partial charge in [0.05, 0.1) is 4.91 Å². The Morgan fingerprint density at radius 3 is 2.68 bits per heavy atom. The first-order valence-electron chi connectivity index (χ1n) is 8.31. The van der Waals surface area contributed by atoms with Gasteiger partial charge in [0.2, 0.25) is 0 Å². The van der Waals surface area contributed by atoms with Crippen LogP contribution in [0.2, 0.25) is 0 Å². The first-order chi connectivity index (χ1) is 11.9. The number of carbonyl (C=O) groups excluding carboxylic acids is 2. The fourth-order valence-corrected chi connectivity index (χ4v) is 3.88. The Kier molecular flexibility index (Phi) is 4.81. The number of pyridine rings is 1. The molecule has 1 aliphatic heterocycles. The molecular weight excluding hydrogens is 334 g/mol. The highest BCUT2D eigenvalue weighted by atomic mass is 32.2. The number of imide groups is 1. The largest absolute Gasteiger partial charge is 0.303 e. The van der Waals surface area contributed by atoms with E-state index in [0.29, 0.717) is 4.91 Å². The molecule has 0 aromatic carbocycles. The molecule has 6 heteroatoms. The van der Waals surface area contributed by atoms with E-state index in [1.54, 1.807) is 6.20 Å². The van der Waals surface area contributed by atoms with Gasteiger partial charge in [-0.2, -0.15) is 0 Å². The third-order valence-electron chi connectivity index (χ3n) is 4.49. The van der Waals surface area contributed by atoms with Crippen LogP contribution in [0.15, 0.2) is 35.4 Å². The number of nitrogens with zero attached hydrogens (tertiary/aromatic N) is 3. The number of carbonyl (C=O) groups is 2. The van der Waals surface area contributed by atoms with E-state index in [2.05, 4.69) is 4.98 Å². The average molecular weight is 355 g/mol. The van der Waals surface area contributed by atoms with Crippen molar-refractivity contribution in [2.45, 2.75) is 40.2 Å². The van der Waals surface area contributed by atoms with Crippen molar-refractivity contribution >= 4 is 29.0 Å². The summed E-state index contributed by atoms with van der Waals surface area (Å²) >= 11 is 1.01. The summed E-state index contributed by atoms with van der Waals surface area (Å²) in [6, 6.07) is 7.70. The molecule has 0 saturated carbocycles. The van der Waals surface area contributed by atoms with Crippen molar-refractivity contribution in [1.29, 1.82) is 0 Å². The summed E-state index contributed by atoms with van der Waals surface area (Å²) in [7, 11) is 0. The number of amides is 2. The van der Waals surface area contributed by atoms with Crippen LogP contribution in [0.25, 0.3) is 11.9 Å². The van der Waals surface area contributed by atoms with E-state index in [1.165, 1.54) is 4.90 Å². The molecule has 2 aromatic heterocycles. The van der Waals surface area contributed by atoms with Gasteiger partial charge in [-0.15, -0.1) is 0 Å². The van der Waals surface area contributed by atoms with Gasteiger partial charge in [0.15, 0.2) is 0 Å². The van der Waals surface area contributed by atoms with Crippen LogP contribution in [0.5, 0.6) is 0 Å². The summed E-state index contributed by atoms with van der Waals surface area (Å²) < 4.78 is 2.05. The molecule has 0 N–H and O–H groups in total. The van der Waals surface area contributed by atoms with Crippen LogP contribution in [0, 0.1) is 13.8 Å². The molecule has 1 atom stereocenters. The first kappa shape index (κ1) is 17.5. The second kappa shape index (κ2) is 6.88. The molecule has 3 heterocycles. The van der Waals surface area contributed by atoms with Gasteiger partial charge in [-0.3, -0.25) is 14.5 Å². The zero-order chi connectivity index (χ0) is 18.1. The van der Waals surface area contributed by atoms with Crippen molar-refractivity contribution in [1.82, 2.24) is 14.5 Å². The molecule has 0 bridgehead atoms. The quantitative estimate of drug-likeness (QED) is 0.766. The summed E-state index contributed by atoms with van der Waals surface area (Å²) in [6.07, 6.45) is 4.32. The smallest absolute Gasteiger partial charge is 0.293 e. The highest BCUT2D eigenvalue weighted by molar-refractivity contribution is 8.18. The maximum Gasteiger partial charge on any atom is 0.293 e. The number of rotatable bonds is 4. The minimum absolute atomic E-state index is 0.0839. The molecule has 2 aromatic rings. The minimum atomic E-state index is -0.202. The van der Waals surface area contributed by atoms with Crippen LogP contribution in [0.4, 0.5) is 4.79 Å². The lowest BCUT2D eigenvalue weighted by Crippen LogP contribution is -2.36. The highest BCUT2D eigenvalue weighted by Gasteiger charge is 2.37. The summed E-state index contributed by atoms with van der Waals surface area (Å²) in [5.74, 6) is 0.636. The topological polar surface area (TPSA) is 55.2 Å². The zero-order valence-electron chi connectivity index (χ0n) is 14.8. The SMILES string of the molecule is CCC(C)N1C(=O)SC(=Cc2cc(C)n(-c3ccccn3)c2C)C1=O. The second-order valence-electron chi connectivity index (χ2n) is 6.16. The van der Waals surface area contributed by atoms with Crippen molar-refractivity contribution in [3.63, 3.8) is 0 Å². The third-order valence-corrected chi connectivity index (χ3v) is 5.37. The lowest BCUT2D eigenvalue weighted by molar-refractivity contribution is -0.124. The maximum atomic E-state index is 12.6. The fourth-order valence-electron chi connectivity index (χ4n) is 2.96. The predicted molar refractivity (Wildman–Crippen MR) is 101 cm³/mol. The zero-order valence-corrected chi connectivity index (χ0v) is 15.6. The van der Waals surface area contributed by atoms with E-state index in [4.69, 9.17) is 0 Å². The van der Waals surface area contributed by atoms with Gasteiger partial charge < -0.3 is 4.57 Å². The minimum Gasteiger partial charge on any atom is -0.303 e. The monoisotopic (exact) mass is 355 g/mol. The van der Waals surface area contributed by atoms with Crippen molar-refractivity contribution in [2.75, 3.05) is 0 Å². The van der Waals surface area contributed by atoms with E-state index < -0.39 is 0 Å². The van der Waals surface area contributed by atoms with Gasteiger partial charge in [0.25, 0.3) is 11.1 Å².